The summed E-state index contributed by atoms with van der Waals surface area (Å²) in [6.07, 6.45) is 16.1. The maximum atomic E-state index is 10.8. The molecule has 0 aliphatic carbocycles. The van der Waals surface area contributed by atoms with Crippen LogP contribution in [0.25, 0.3) is 6.08 Å². The third-order valence-electron chi connectivity index (χ3n) is 4.58. The first-order chi connectivity index (χ1) is 13.3. The number of unbranched alkanes of at least 4 members (excludes halogenated alkanes) is 8. The van der Waals surface area contributed by atoms with Gasteiger partial charge in [-0.1, -0.05) is 50.7 Å². The van der Waals surface area contributed by atoms with E-state index in [0.717, 1.165) is 18.7 Å². The van der Waals surface area contributed by atoms with E-state index in [-0.39, 0.29) is 0 Å². The number of rotatable bonds is 14. The molecular weight excluding hydrogens is 354 g/mol. The van der Waals surface area contributed by atoms with Crippen LogP contribution in [-0.4, -0.2) is 17.6 Å². The van der Waals surface area contributed by atoms with Crippen molar-refractivity contribution in [3.05, 3.63) is 58.3 Å². The SMILES string of the molecule is O=C(O)c1ccc(NCCCCCCCCCC/C=C/c2cccs2)cc1. The molecule has 0 saturated heterocycles. The van der Waals surface area contributed by atoms with Crippen LogP contribution < -0.4 is 5.32 Å². The Morgan fingerprint density at radius 3 is 2.22 bits per heavy atom. The number of carboxylic acids is 1. The van der Waals surface area contributed by atoms with Crippen LogP contribution in [0.4, 0.5) is 5.69 Å². The van der Waals surface area contributed by atoms with Gasteiger partial charge in [0, 0.05) is 17.1 Å². The largest absolute Gasteiger partial charge is 0.478 e. The molecular formula is C23H31NO2S. The lowest BCUT2D eigenvalue weighted by atomic mass is 10.1. The lowest BCUT2D eigenvalue weighted by Crippen LogP contribution is -2.02. The van der Waals surface area contributed by atoms with Gasteiger partial charge >= 0.3 is 5.97 Å². The second-order valence-electron chi connectivity index (χ2n) is 6.84. The van der Waals surface area contributed by atoms with E-state index < -0.39 is 5.97 Å². The van der Waals surface area contributed by atoms with Crippen LogP contribution in [0, 0.1) is 0 Å². The quantitative estimate of drug-likeness (QED) is 0.341. The number of carbonyl (C=O) groups is 1. The fourth-order valence-corrected chi connectivity index (χ4v) is 3.64. The fourth-order valence-electron chi connectivity index (χ4n) is 3.00. The summed E-state index contributed by atoms with van der Waals surface area (Å²) in [4.78, 5) is 12.2. The minimum Gasteiger partial charge on any atom is -0.478 e. The van der Waals surface area contributed by atoms with Gasteiger partial charge in [-0.05, 0) is 61.1 Å². The zero-order chi connectivity index (χ0) is 19.2. The van der Waals surface area contributed by atoms with Crippen molar-refractivity contribution in [2.24, 2.45) is 0 Å². The van der Waals surface area contributed by atoms with Gasteiger partial charge in [-0.3, -0.25) is 0 Å². The van der Waals surface area contributed by atoms with E-state index in [0.29, 0.717) is 5.56 Å². The summed E-state index contributed by atoms with van der Waals surface area (Å²) in [7, 11) is 0. The van der Waals surface area contributed by atoms with E-state index in [2.05, 4.69) is 35.0 Å². The number of allylic oxidation sites excluding steroid dienone is 1. The summed E-state index contributed by atoms with van der Waals surface area (Å²) in [5, 5.41) is 14.3. The second-order valence-corrected chi connectivity index (χ2v) is 7.82. The fraction of sp³-hybridized carbons (Fsp3) is 0.435. The Kier molecular flexibility index (Phi) is 10.3. The lowest BCUT2D eigenvalue weighted by Gasteiger charge is -2.06. The molecule has 4 heteroatoms. The van der Waals surface area contributed by atoms with Crippen molar-refractivity contribution in [3.63, 3.8) is 0 Å². The Balaban J connectivity index is 1.37. The van der Waals surface area contributed by atoms with Gasteiger partial charge in [-0.2, -0.15) is 0 Å². The van der Waals surface area contributed by atoms with Gasteiger partial charge in [0.25, 0.3) is 0 Å². The first-order valence-electron chi connectivity index (χ1n) is 10.0. The normalized spacial score (nSPS) is 11.1. The zero-order valence-electron chi connectivity index (χ0n) is 16.0. The Bertz CT molecular complexity index is 662. The van der Waals surface area contributed by atoms with E-state index in [1.165, 1.54) is 56.2 Å². The van der Waals surface area contributed by atoms with Crippen LogP contribution in [0.2, 0.25) is 0 Å². The van der Waals surface area contributed by atoms with Crippen LogP contribution >= 0.6 is 11.3 Å². The molecule has 3 nitrogen and oxygen atoms in total. The van der Waals surface area contributed by atoms with E-state index in [1.807, 2.05) is 12.1 Å². The average molecular weight is 386 g/mol. The maximum absolute atomic E-state index is 10.8. The molecule has 27 heavy (non-hydrogen) atoms. The molecule has 2 rings (SSSR count). The average Bonchev–Trinajstić information content (AvgIpc) is 3.19. The van der Waals surface area contributed by atoms with Crippen LogP contribution in [0.1, 0.15) is 73.0 Å². The third-order valence-corrected chi connectivity index (χ3v) is 5.42. The maximum Gasteiger partial charge on any atom is 0.335 e. The Hall–Kier alpha value is -2.07. The van der Waals surface area contributed by atoms with Crippen molar-refractivity contribution in [2.75, 3.05) is 11.9 Å². The summed E-state index contributed by atoms with van der Waals surface area (Å²) >= 11 is 1.79. The number of aromatic carboxylic acids is 1. The third kappa shape index (κ3) is 9.43. The predicted octanol–water partition coefficient (Wildman–Crippen LogP) is 7.08. The van der Waals surface area contributed by atoms with Gasteiger partial charge in [-0.15, -0.1) is 11.3 Å². The van der Waals surface area contributed by atoms with Crippen LogP contribution in [-0.2, 0) is 0 Å². The van der Waals surface area contributed by atoms with Crippen molar-refractivity contribution in [1.29, 1.82) is 0 Å². The summed E-state index contributed by atoms with van der Waals surface area (Å²) in [6.45, 7) is 0.947. The molecule has 0 atom stereocenters. The molecule has 146 valence electrons. The zero-order valence-corrected chi connectivity index (χ0v) is 16.8. The Labute approximate surface area is 167 Å². The van der Waals surface area contributed by atoms with Crippen LogP contribution in [0.15, 0.2) is 47.9 Å². The molecule has 0 aliphatic rings. The molecule has 0 amide bonds. The van der Waals surface area contributed by atoms with Crippen LogP contribution in [0.3, 0.4) is 0 Å². The summed E-state index contributed by atoms with van der Waals surface area (Å²) < 4.78 is 0. The van der Waals surface area contributed by atoms with E-state index in [4.69, 9.17) is 5.11 Å². The molecule has 0 spiro atoms. The first-order valence-corrected chi connectivity index (χ1v) is 10.9. The minimum absolute atomic E-state index is 0.332. The number of hydrogen-bond acceptors (Lipinski definition) is 3. The lowest BCUT2D eigenvalue weighted by molar-refractivity contribution is 0.0697. The molecule has 2 N–H and O–H groups in total. The van der Waals surface area contributed by atoms with Crippen molar-refractivity contribution >= 4 is 29.1 Å². The first kappa shape index (κ1) is 21.2. The molecule has 1 heterocycles. The van der Waals surface area contributed by atoms with Gasteiger partial charge in [-0.25, -0.2) is 4.79 Å². The second kappa shape index (κ2) is 13.2. The number of thiophene rings is 1. The highest BCUT2D eigenvalue weighted by molar-refractivity contribution is 7.10. The molecule has 0 unspecified atom stereocenters. The summed E-state index contributed by atoms with van der Waals surface area (Å²) in [6, 6.07) is 11.2. The van der Waals surface area contributed by atoms with Crippen molar-refractivity contribution in [1.82, 2.24) is 0 Å². The van der Waals surface area contributed by atoms with Crippen molar-refractivity contribution < 1.29 is 9.90 Å². The van der Waals surface area contributed by atoms with E-state index in [9.17, 15) is 4.79 Å². The molecule has 0 aliphatic heterocycles. The number of anilines is 1. The highest BCUT2D eigenvalue weighted by Crippen LogP contribution is 2.14. The molecule has 1 aromatic heterocycles. The molecule has 1 aromatic carbocycles. The molecule has 2 aromatic rings. The minimum atomic E-state index is -0.878. The van der Waals surface area contributed by atoms with E-state index in [1.54, 1.807) is 23.5 Å². The Morgan fingerprint density at radius 2 is 1.59 bits per heavy atom. The number of benzene rings is 1. The van der Waals surface area contributed by atoms with Gasteiger partial charge in [0.1, 0.15) is 0 Å². The molecule has 0 saturated carbocycles. The highest BCUT2D eigenvalue weighted by atomic mass is 32.1. The highest BCUT2D eigenvalue weighted by Gasteiger charge is 2.01. The summed E-state index contributed by atoms with van der Waals surface area (Å²) in [5.41, 5.74) is 1.33. The molecule has 0 radical (unpaired) electrons. The van der Waals surface area contributed by atoms with Gasteiger partial charge < -0.3 is 10.4 Å². The molecule has 0 fully saturated rings. The standard InChI is InChI=1S/C23H31NO2S/c25-23(26)20-14-16-21(17-15-20)24-18-10-8-6-4-2-1-3-5-7-9-12-22-13-11-19-27-22/h9,11-17,19,24H,1-8,10,18H2,(H,25,26)/b12-9+. The summed E-state index contributed by atoms with van der Waals surface area (Å²) in [5.74, 6) is -0.878. The van der Waals surface area contributed by atoms with Crippen molar-refractivity contribution in [3.8, 4) is 0 Å². The number of hydrogen-bond donors (Lipinski definition) is 2. The van der Waals surface area contributed by atoms with Gasteiger partial charge in [0.2, 0.25) is 0 Å². The van der Waals surface area contributed by atoms with Gasteiger partial charge in [0.15, 0.2) is 0 Å². The topological polar surface area (TPSA) is 49.3 Å². The smallest absolute Gasteiger partial charge is 0.335 e. The van der Waals surface area contributed by atoms with Crippen molar-refractivity contribution in [2.45, 2.75) is 57.8 Å². The number of carboxylic acid groups (broad SMARTS) is 1. The van der Waals surface area contributed by atoms with Gasteiger partial charge in [0.05, 0.1) is 5.56 Å². The Morgan fingerprint density at radius 1 is 0.926 bits per heavy atom. The van der Waals surface area contributed by atoms with Crippen LogP contribution in [0.5, 0.6) is 0 Å². The molecule has 0 bridgehead atoms. The number of nitrogens with one attached hydrogen (secondary N) is 1. The monoisotopic (exact) mass is 385 g/mol. The van der Waals surface area contributed by atoms with E-state index >= 15 is 0 Å². The predicted molar refractivity (Wildman–Crippen MR) is 117 cm³/mol.